The normalized spacial score (nSPS) is 10.2. The Bertz CT molecular complexity index is 642. The van der Waals surface area contributed by atoms with Crippen molar-refractivity contribution in [2.24, 2.45) is 0 Å². The number of hydrogen-bond donors (Lipinski definition) is 2. The summed E-state index contributed by atoms with van der Waals surface area (Å²) in [6, 6.07) is 21.5. The average molecular weight is 263 g/mol. The number of aromatic nitrogens is 2. The summed E-state index contributed by atoms with van der Waals surface area (Å²) in [5.41, 5.74) is 5.50. The molecule has 3 rings (SSSR count). The zero-order chi connectivity index (χ0) is 13.8. The van der Waals surface area contributed by atoms with E-state index in [1.807, 2.05) is 72.2 Å². The summed E-state index contributed by atoms with van der Waals surface area (Å²) in [4.78, 5) is 8.55. The molecule has 2 N–H and O–H groups in total. The highest BCUT2D eigenvalue weighted by molar-refractivity contribution is 5.69. The number of nitrogens with zero attached hydrogens (tertiary/aromatic N) is 2. The fraction of sp³-hybridized carbons (Fsp3) is 0. The molecule has 0 amide bonds. The Hall–Kier alpha value is -2.72. The third-order valence-electron chi connectivity index (χ3n) is 2.97. The third kappa shape index (κ3) is 2.50. The van der Waals surface area contributed by atoms with Crippen molar-refractivity contribution in [3.63, 3.8) is 0 Å². The van der Waals surface area contributed by atoms with Crippen LogP contribution in [0, 0.1) is 0 Å². The lowest BCUT2D eigenvalue weighted by atomic mass is 10.1. The molecule has 0 unspecified atom stereocenters. The van der Waals surface area contributed by atoms with Crippen LogP contribution >= 0.6 is 0 Å². The molecule has 0 saturated carbocycles. The summed E-state index contributed by atoms with van der Waals surface area (Å²) in [5, 5.41) is 9.11. The summed E-state index contributed by atoms with van der Waals surface area (Å²) >= 11 is 0. The topological polar surface area (TPSA) is 58.0 Å². The van der Waals surface area contributed by atoms with Gasteiger partial charge in [-0.25, -0.2) is 15.4 Å². The lowest BCUT2D eigenvalue weighted by Gasteiger charge is -2.07. The van der Waals surface area contributed by atoms with Crippen molar-refractivity contribution in [1.29, 1.82) is 0 Å². The van der Waals surface area contributed by atoms with Crippen molar-refractivity contribution in [1.82, 2.24) is 9.97 Å². The third-order valence-corrected chi connectivity index (χ3v) is 2.97. The molecular weight excluding hydrogens is 250 g/mol. The standard InChI is InChI=1S/C16H13N3O/c20-19-16-17-14(12-7-3-1-4-8-12)11-15(18-16)13-9-5-2-6-10-13/h1-11,20H,(H,17,18,19). The molecule has 98 valence electrons. The molecule has 0 aliphatic rings. The summed E-state index contributed by atoms with van der Waals surface area (Å²) < 4.78 is 0. The molecule has 2 aromatic carbocycles. The summed E-state index contributed by atoms with van der Waals surface area (Å²) in [7, 11) is 0. The Morgan fingerprint density at radius 2 is 1.15 bits per heavy atom. The van der Waals surface area contributed by atoms with Crippen LogP contribution in [0.25, 0.3) is 22.5 Å². The molecule has 3 aromatic rings. The minimum absolute atomic E-state index is 0.185. The van der Waals surface area contributed by atoms with Gasteiger partial charge < -0.3 is 0 Å². The molecular formula is C16H13N3O. The first-order valence-electron chi connectivity index (χ1n) is 6.27. The quantitative estimate of drug-likeness (QED) is 0.709. The molecule has 0 fully saturated rings. The SMILES string of the molecule is ONc1nc(-c2ccccc2)cc(-c2ccccc2)n1. The molecule has 4 heteroatoms. The van der Waals surface area contributed by atoms with Crippen LogP contribution in [0.2, 0.25) is 0 Å². The maximum absolute atomic E-state index is 9.11. The van der Waals surface area contributed by atoms with E-state index in [9.17, 15) is 0 Å². The van der Waals surface area contributed by atoms with Crippen molar-refractivity contribution < 1.29 is 5.21 Å². The maximum Gasteiger partial charge on any atom is 0.248 e. The van der Waals surface area contributed by atoms with E-state index in [1.54, 1.807) is 0 Å². The molecule has 0 atom stereocenters. The lowest BCUT2D eigenvalue weighted by Crippen LogP contribution is -2.00. The predicted molar refractivity (Wildman–Crippen MR) is 78.3 cm³/mol. The van der Waals surface area contributed by atoms with Crippen LogP contribution in [0.15, 0.2) is 66.7 Å². The van der Waals surface area contributed by atoms with Crippen molar-refractivity contribution in [2.45, 2.75) is 0 Å². The van der Waals surface area contributed by atoms with Gasteiger partial charge in [-0.3, -0.25) is 5.21 Å². The van der Waals surface area contributed by atoms with Gasteiger partial charge in [-0.05, 0) is 6.07 Å². The second-order valence-corrected chi connectivity index (χ2v) is 4.31. The van der Waals surface area contributed by atoms with Gasteiger partial charge in [0, 0.05) is 11.1 Å². The number of nitrogens with one attached hydrogen (secondary N) is 1. The van der Waals surface area contributed by atoms with E-state index < -0.39 is 0 Å². The first-order valence-corrected chi connectivity index (χ1v) is 6.27. The van der Waals surface area contributed by atoms with Crippen LogP contribution in [-0.2, 0) is 0 Å². The molecule has 1 aromatic heterocycles. The van der Waals surface area contributed by atoms with Crippen LogP contribution in [-0.4, -0.2) is 15.2 Å². The molecule has 4 nitrogen and oxygen atoms in total. The molecule has 0 aliphatic carbocycles. The van der Waals surface area contributed by atoms with E-state index in [1.165, 1.54) is 0 Å². The lowest BCUT2D eigenvalue weighted by molar-refractivity contribution is 0.383. The van der Waals surface area contributed by atoms with Gasteiger partial charge in [0.25, 0.3) is 0 Å². The molecule has 0 spiro atoms. The largest absolute Gasteiger partial charge is 0.288 e. The molecule has 0 saturated heterocycles. The Labute approximate surface area is 116 Å². The van der Waals surface area contributed by atoms with Crippen LogP contribution in [0.3, 0.4) is 0 Å². The van der Waals surface area contributed by atoms with E-state index in [-0.39, 0.29) is 5.95 Å². The molecule has 0 bridgehead atoms. The van der Waals surface area contributed by atoms with Gasteiger partial charge in [0.2, 0.25) is 5.95 Å². The van der Waals surface area contributed by atoms with Crippen molar-refractivity contribution in [2.75, 3.05) is 5.48 Å². The Balaban J connectivity index is 2.13. The summed E-state index contributed by atoms with van der Waals surface area (Å²) in [6.07, 6.45) is 0. The minimum Gasteiger partial charge on any atom is -0.288 e. The fourth-order valence-electron chi connectivity index (χ4n) is 2.01. The van der Waals surface area contributed by atoms with E-state index in [0.717, 1.165) is 22.5 Å². The number of rotatable bonds is 3. The number of hydrogen-bond acceptors (Lipinski definition) is 4. The van der Waals surface area contributed by atoms with E-state index in [0.29, 0.717) is 0 Å². The van der Waals surface area contributed by atoms with Crippen LogP contribution in [0.5, 0.6) is 0 Å². The van der Waals surface area contributed by atoms with Gasteiger partial charge in [0.15, 0.2) is 0 Å². The Kier molecular flexibility index (Phi) is 3.39. The van der Waals surface area contributed by atoms with Crippen LogP contribution < -0.4 is 5.48 Å². The van der Waals surface area contributed by atoms with E-state index in [2.05, 4.69) is 9.97 Å². The predicted octanol–water partition coefficient (Wildman–Crippen LogP) is 3.61. The maximum atomic E-state index is 9.11. The second kappa shape index (κ2) is 5.50. The van der Waals surface area contributed by atoms with Gasteiger partial charge in [-0.2, -0.15) is 0 Å². The first kappa shape index (κ1) is 12.3. The summed E-state index contributed by atoms with van der Waals surface area (Å²) in [6.45, 7) is 0. The zero-order valence-electron chi connectivity index (χ0n) is 10.7. The van der Waals surface area contributed by atoms with Crippen molar-refractivity contribution in [3.05, 3.63) is 66.7 Å². The Morgan fingerprint density at radius 3 is 1.55 bits per heavy atom. The van der Waals surface area contributed by atoms with Crippen molar-refractivity contribution >= 4 is 5.95 Å². The van der Waals surface area contributed by atoms with Crippen molar-refractivity contribution in [3.8, 4) is 22.5 Å². The second-order valence-electron chi connectivity index (χ2n) is 4.31. The van der Waals surface area contributed by atoms with Gasteiger partial charge in [0.1, 0.15) is 0 Å². The first-order chi connectivity index (χ1) is 9.86. The van der Waals surface area contributed by atoms with Crippen LogP contribution in [0.4, 0.5) is 5.95 Å². The molecule has 0 aliphatic heterocycles. The molecule has 1 heterocycles. The fourth-order valence-corrected chi connectivity index (χ4v) is 2.01. The average Bonchev–Trinajstić information content (AvgIpc) is 2.56. The highest BCUT2D eigenvalue weighted by Gasteiger charge is 2.07. The number of benzene rings is 2. The zero-order valence-corrected chi connectivity index (χ0v) is 10.7. The van der Waals surface area contributed by atoms with Gasteiger partial charge >= 0.3 is 0 Å². The highest BCUT2D eigenvalue weighted by Crippen LogP contribution is 2.24. The molecule has 20 heavy (non-hydrogen) atoms. The van der Waals surface area contributed by atoms with Gasteiger partial charge in [0.05, 0.1) is 11.4 Å². The molecule has 0 radical (unpaired) electrons. The van der Waals surface area contributed by atoms with E-state index >= 15 is 0 Å². The van der Waals surface area contributed by atoms with Crippen LogP contribution in [0.1, 0.15) is 0 Å². The minimum atomic E-state index is 0.185. The number of anilines is 1. The monoisotopic (exact) mass is 263 g/mol. The smallest absolute Gasteiger partial charge is 0.248 e. The van der Waals surface area contributed by atoms with Gasteiger partial charge in [-0.15, -0.1) is 0 Å². The van der Waals surface area contributed by atoms with Gasteiger partial charge in [-0.1, -0.05) is 60.7 Å². The Morgan fingerprint density at radius 1 is 0.700 bits per heavy atom. The summed E-state index contributed by atoms with van der Waals surface area (Å²) in [5.74, 6) is 0.185. The van der Waals surface area contributed by atoms with E-state index in [4.69, 9.17) is 5.21 Å². The highest BCUT2D eigenvalue weighted by atomic mass is 16.5.